The summed E-state index contributed by atoms with van der Waals surface area (Å²) in [6.07, 6.45) is 0. The summed E-state index contributed by atoms with van der Waals surface area (Å²) < 4.78 is 2.61. The van der Waals surface area contributed by atoms with Crippen LogP contribution < -0.4 is 4.90 Å². The number of fused-ring (bicyclic) bond motifs is 6. The van der Waals surface area contributed by atoms with Gasteiger partial charge in [-0.15, -0.1) is 11.3 Å². The van der Waals surface area contributed by atoms with Crippen LogP contribution in [0.1, 0.15) is 25.0 Å². The number of hydrogen-bond donors (Lipinski definition) is 0. The Morgan fingerprint density at radius 3 is 1.89 bits per heavy atom. The van der Waals surface area contributed by atoms with Crippen LogP contribution in [0.5, 0.6) is 0 Å². The van der Waals surface area contributed by atoms with Crippen LogP contribution in [0.4, 0.5) is 17.1 Å². The Bertz CT molecular complexity index is 2440. The number of rotatable bonds is 5. The van der Waals surface area contributed by atoms with Crippen LogP contribution in [0.2, 0.25) is 0 Å². The maximum Gasteiger partial charge on any atom is 0.0476 e. The molecule has 0 spiro atoms. The minimum absolute atomic E-state index is 0.121. The van der Waals surface area contributed by atoms with Gasteiger partial charge in [-0.05, 0) is 87.0 Å². The molecule has 9 rings (SSSR count). The van der Waals surface area contributed by atoms with Crippen LogP contribution in [0, 0.1) is 0 Å². The lowest BCUT2D eigenvalue weighted by molar-refractivity contribution is 0.662. The summed E-state index contributed by atoms with van der Waals surface area (Å²) >= 11 is 1.87. The third-order valence-electron chi connectivity index (χ3n) is 9.81. The minimum Gasteiger partial charge on any atom is -0.310 e. The molecule has 0 bridgehead atoms. The summed E-state index contributed by atoms with van der Waals surface area (Å²) in [5, 5.41) is 2.63. The molecule has 1 aliphatic carbocycles. The van der Waals surface area contributed by atoms with E-state index in [0.29, 0.717) is 0 Å². The number of thiophene rings is 1. The second-order valence-corrected chi connectivity index (χ2v) is 14.1. The van der Waals surface area contributed by atoms with E-state index in [2.05, 4.69) is 183 Å². The molecule has 224 valence electrons. The molecule has 0 N–H and O–H groups in total. The van der Waals surface area contributed by atoms with Crippen molar-refractivity contribution in [1.29, 1.82) is 0 Å². The Kier molecular flexibility index (Phi) is 6.41. The van der Waals surface area contributed by atoms with E-state index in [4.69, 9.17) is 0 Å². The van der Waals surface area contributed by atoms with Gasteiger partial charge in [0.15, 0.2) is 0 Å². The van der Waals surface area contributed by atoms with Crippen LogP contribution in [0.25, 0.3) is 53.6 Å². The maximum absolute atomic E-state index is 2.46. The maximum atomic E-state index is 2.46. The second-order valence-electron chi connectivity index (χ2n) is 13.0. The van der Waals surface area contributed by atoms with Crippen molar-refractivity contribution in [2.24, 2.45) is 0 Å². The number of nitrogens with zero attached hydrogens (tertiary/aromatic N) is 1. The quantitative estimate of drug-likeness (QED) is 0.185. The highest BCUT2D eigenvalue weighted by Crippen LogP contribution is 2.54. The lowest BCUT2D eigenvalue weighted by Gasteiger charge is -2.29. The van der Waals surface area contributed by atoms with E-state index in [9.17, 15) is 0 Å². The molecule has 0 radical (unpaired) electrons. The molecule has 1 aromatic heterocycles. The van der Waals surface area contributed by atoms with Crippen LogP contribution in [-0.2, 0) is 5.41 Å². The van der Waals surface area contributed by atoms with Crippen molar-refractivity contribution < 1.29 is 0 Å². The fraction of sp³-hybridized carbons (Fsp3) is 0.0667. The minimum atomic E-state index is -0.121. The molecule has 0 amide bonds. The summed E-state index contributed by atoms with van der Waals surface area (Å²) in [6.45, 7) is 4.75. The van der Waals surface area contributed by atoms with Gasteiger partial charge < -0.3 is 4.90 Å². The molecule has 2 heteroatoms. The fourth-order valence-electron chi connectivity index (χ4n) is 7.64. The Hall–Kier alpha value is -5.44. The van der Waals surface area contributed by atoms with Gasteiger partial charge in [-0.2, -0.15) is 0 Å². The van der Waals surface area contributed by atoms with Crippen molar-refractivity contribution in [3.8, 4) is 33.4 Å². The van der Waals surface area contributed by atoms with Crippen molar-refractivity contribution in [2.45, 2.75) is 19.3 Å². The smallest absolute Gasteiger partial charge is 0.0476 e. The molecule has 0 atom stereocenters. The highest BCUT2D eigenvalue weighted by molar-refractivity contribution is 7.25. The predicted molar refractivity (Wildman–Crippen MR) is 202 cm³/mol. The normalized spacial score (nSPS) is 13.1. The zero-order valence-electron chi connectivity index (χ0n) is 26.4. The highest BCUT2D eigenvalue weighted by Gasteiger charge is 2.38. The van der Waals surface area contributed by atoms with Gasteiger partial charge in [-0.1, -0.05) is 135 Å². The molecule has 0 saturated carbocycles. The van der Waals surface area contributed by atoms with Crippen molar-refractivity contribution in [3.05, 3.63) is 175 Å². The van der Waals surface area contributed by atoms with Crippen LogP contribution in [0.3, 0.4) is 0 Å². The van der Waals surface area contributed by atoms with Gasteiger partial charge in [0.1, 0.15) is 0 Å². The zero-order valence-corrected chi connectivity index (χ0v) is 27.3. The molecule has 0 fully saturated rings. The lowest BCUT2D eigenvalue weighted by Crippen LogP contribution is -2.17. The first kappa shape index (κ1) is 27.8. The van der Waals surface area contributed by atoms with Crippen molar-refractivity contribution in [2.75, 3.05) is 4.90 Å². The predicted octanol–water partition coefficient (Wildman–Crippen LogP) is 13.2. The third-order valence-corrected chi connectivity index (χ3v) is 10.9. The average Bonchev–Trinajstić information content (AvgIpc) is 3.61. The van der Waals surface area contributed by atoms with Crippen LogP contribution in [0.15, 0.2) is 164 Å². The summed E-state index contributed by atoms with van der Waals surface area (Å²) in [5.74, 6) is 0. The molecule has 1 nitrogen and oxygen atoms in total. The van der Waals surface area contributed by atoms with E-state index in [-0.39, 0.29) is 5.41 Å². The lowest BCUT2D eigenvalue weighted by atomic mass is 9.78. The topological polar surface area (TPSA) is 3.24 Å². The van der Waals surface area contributed by atoms with Crippen LogP contribution in [-0.4, -0.2) is 0 Å². The van der Waals surface area contributed by atoms with E-state index in [1.54, 1.807) is 0 Å². The van der Waals surface area contributed by atoms with Gasteiger partial charge in [-0.3, -0.25) is 0 Å². The molecule has 0 saturated heterocycles. The first-order chi connectivity index (χ1) is 23.1. The van der Waals surface area contributed by atoms with Gasteiger partial charge in [0.2, 0.25) is 0 Å². The van der Waals surface area contributed by atoms with Crippen molar-refractivity contribution >= 4 is 48.6 Å². The Balaban J connectivity index is 1.33. The summed E-state index contributed by atoms with van der Waals surface area (Å²) in [4.78, 5) is 2.46. The molecule has 1 heterocycles. The van der Waals surface area contributed by atoms with Crippen molar-refractivity contribution in [3.63, 3.8) is 0 Å². The monoisotopic (exact) mass is 619 g/mol. The molecular weight excluding hydrogens is 587 g/mol. The fourth-order valence-corrected chi connectivity index (χ4v) is 8.78. The van der Waals surface area contributed by atoms with Gasteiger partial charge in [0.25, 0.3) is 0 Å². The van der Waals surface area contributed by atoms with E-state index >= 15 is 0 Å². The van der Waals surface area contributed by atoms with Gasteiger partial charge in [-0.25, -0.2) is 0 Å². The molecule has 8 aromatic rings. The van der Waals surface area contributed by atoms with Crippen molar-refractivity contribution in [1.82, 2.24) is 0 Å². The number of benzene rings is 7. The molecule has 7 aromatic carbocycles. The van der Waals surface area contributed by atoms with E-state index in [1.807, 2.05) is 11.3 Å². The Morgan fingerprint density at radius 1 is 0.426 bits per heavy atom. The van der Waals surface area contributed by atoms with Crippen LogP contribution >= 0.6 is 11.3 Å². The largest absolute Gasteiger partial charge is 0.310 e. The zero-order chi connectivity index (χ0) is 31.5. The first-order valence-corrected chi connectivity index (χ1v) is 17.1. The molecule has 0 aliphatic heterocycles. The SMILES string of the molecule is CC1(C)c2ccccc2-c2cc(N(c3cccc(-c4ccccc4)c3)c3ccc4c(c3)sc3ccccc34)cc(-c3ccccc3)c21. The van der Waals surface area contributed by atoms with Gasteiger partial charge in [0, 0.05) is 42.6 Å². The van der Waals surface area contributed by atoms with Gasteiger partial charge >= 0.3 is 0 Å². The first-order valence-electron chi connectivity index (χ1n) is 16.3. The molecule has 47 heavy (non-hydrogen) atoms. The number of hydrogen-bond acceptors (Lipinski definition) is 2. The van der Waals surface area contributed by atoms with E-state index in [0.717, 1.165) is 17.1 Å². The second kappa shape index (κ2) is 10.8. The summed E-state index contributed by atoms with van der Waals surface area (Å²) in [7, 11) is 0. The van der Waals surface area contributed by atoms with Gasteiger partial charge in [0.05, 0.1) is 0 Å². The average molecular weight is 620 g/mol. The highest BCUT2D eigenvalue weighted by atomic mass is 32.1. The number of anilines is 3. The Labute approximate surface area is 280 Å². The molecule has 1 aliphatic rings. The third kappa shape index (κ3) is 4.52. The van der Waals surface area contributed by atoms with E-state index in [1.165, 1.54) is 64.7 Å². The molecular formula is C45H33NS. The van der Waals surface area contributed by atoms with E-state index < -0.39 is 0 Å². The Morgan fingerprint density at radius 2 is 1.06 bits per heavy atom. The summed E-state index contributed by atoms with van der Waals surface area (Å²) in [6, 6.07) is 60.1. The standard InChI is InChI=1S/C45H33NS/c1-45(2)41-22-11-9-20-36(41)40-28-35(27-39(44(40)45)31-16-7-4-8-17-31)46(33-19-13-18-32(26-33)30-14-5-3-6-15-30)34-24-25-38-37-21-10-12-23-42(37)47-43(38)29-34/h3-29H,1-2H3. The summed E-state index contributed by atoms with van der Waals surface area (Å²) in [5.41, 5.74) is 13.7. The molecule has 0 unspecified atom stereocenters.